The average Bonchev–Trinajstić information content (AvgIpc) is 2.81. The number of aromatic nitrogens is 2. The number of ether oxygens (including phenoxy) is 3. The third-order valence-corrected chi connectivity index (χ3v) is 4.50. The molecule has 34 heavy (non-hydrogen) atoms. The molecule has 0 spiro atoms. The van der Waals surface area contributed by atoms with Crippen LogP contribution in [0.5, 0.6) is 17.2 Å². The predicted molar refractivity (Wildman–Crippen MR) is 123 cm³/mol. The van der Waals surface area contributed by atoms with Gasteiger partial charge in [0.15, 0.2) is 18.1 Å². The molecule has 0 saturated carbocycles. The fourth-order valence-electron chi connectivity index (χ4n) is 2.96. The smallest absolute Gasteiger partial charge is 0.357 e. The molecule has 176 valence electrons. The van der Waals surface area contributed by atoms with Gasteiger partial charge < -0.3 is 24.5 Å². The summed E-state index contributed by atoms with van der Waals surface area (Å²) in [6, 6.07) is 11.6. The summed E-state index contributed by atoms with van der Waals surface area (Å²) >= 11 is 0. The summed E-state index contributed by atoms with van der Waals surface area (Å²) in [6.07, 6.45) is 2.67. The number of carbonyl (C=O) groups is 1. The van der Waals surface area contributed by atoms with E-state index in [-0.39, 0.29) is 18.1 Å². The normalized spacial score (nSPS) is 10.6. The van der Waals surface area contributed by atoms with Crippen molar-refractivity contribution in [2.45, 2.75) is 0 Å². The second kappa shape index (κ2) is 10.6. The molecule has 3 aromatic rings. The van der Waals surface area contributed by atoms with Crippen LogP contribution in [-0.2, 0) is 4.79 Å². The van der Waals surface area contributed by atoms with Gasteiger partial charge in [0, 0.05) is 0 Å². The highest BCUT2D eigenvalue weighted by Crippen LogP contribution is 2.29. The van der Waals surface area contributed by atoms with E-state index >= 15 is 0 Å². The summed E-state index contributed by atoms with van der Waals surface area (Å²) in [4.78, 5) is 49.7. The Bertz CT molecular complexity index is 1360. The number of carbonyl (C=O) groups excluding carboxylic acids is 1. The van der Waals surface area contributed by atoms with Crippen LogP contribution in [0.1, 0.15) is 11.3 Å². The first-order chi connectivity index (χ1) is 16.3. The minimum Gasteiger partial charge on any atom is -0.495 e. The van der Waals surface area contributed by atoms with Crippen LogP contribution in [0.2, 0.25) is 0 Å². The fraction of sp³-hybridized carbons (Fsp3) is 0.136. The van der Waals surface area contributed by atoms with Crippen molar-refractivity contribution < 1.29 is 23.9 Å². The van der Waals surface area contributed by atoms with Gasteiger partial charge in [-0.3, -0.25) is 24.7 Å². The van der Waals surface area contributed by atoms with Crippen LogP contribution < -0.4 is 30.8 Å². The highest BCUT2D eigenvalue weighted by Gasteiger charge is 2.19. The number of nitro groups is 1. The molecule has 1 amide bonds. The molecule has 0 aliphatic heterocycles. The highest BCUT2D eigenvalue weighted by atomic mass is 16.6. The Kier molecular flexibility index (Phi) is 7.44. The van der Waals surface area contributed by atoms with Crippen molar-refractivity contribution in [1.82, 2.24) is 9.97 Å². The Morgan fingerprint density at radius 2 is 1.76 bits per heavy atom. The van der Waals surface area contributed by atoms with E-state index < -0.39 is 27.8 Å². The van der Waals surface area contributed by atoms with Gasteiger partial charge in [-0.25, -0.2) is 4.79 Å². The molecular weight excluding hydrogens is 448 g/mol. The first-order valence-electron chi connectivity index (χ1n) is 9.75. The second-order valence-corrected chi connectivity index (χ2v) is 6.71. The minimum atomic E-state index is -1.11. The lowest BCUT2D eigenvalue weighted by molar-refractivity contribution is -0.386. The van der Waals surface area contributed by atoms with Gasteiger partial charge in [0.25, 0.3) is 5.91 Å². The number of hydrogen-bond acceptors (Lipinski definition) is 8. The van der Waals surface area contributed by atoms with Gasteiger partial charge in [-0.15, -0.1) is 0 Å². The lowest BCUT2D eigenvalue weighted by atomic mass is 10.1. The van der Waals surface area contributed by atoms with Crippen LogP contribution in [0.15, 0.2) is 52.1 Å². The minimum absolute atomic E-state index is 0.258. The SMILES string of the molecule is COc1ccccc1NC(=O)COc1ccc(C=Cc2[nH]c(=O)[nH]c(=O)c2[N+](=O)[O-])cc1OC. The molecule has 12 nitrogen and oxygen atoms in total. The van der Waals surface area contributed by atoms with Crippen molar-refractivity contribution in [2.24, 2.45) is 0 Å². The number of amides is 1. The van der Waals surface area contributed by atoms with Gasteiger partial charge in [-0.1, -0.05) is 24.3 Å². The molecule has 0 radical (unpaired) electrons. The van der Waals surface area contributed by atoms with Crippen molar-refractivity contribution in [3.05, 3.63) is 84.7 Å². The monoisotopic (exact) mass is 468 g/mol. The van der Waals surface area contributed by atoms with E-state index in [0.717, 1.165) is 0 Å². The van der Waals surface area contributed by atoms with Gasteiger partial charge in [-0.05, 0) is 35.9 Å². The lowest BCUT2D eigenvalue weighted by Crippen LogP contribution is -2.25. The van der Waals surface area contributed by atoms with Gasteiger partial charge in [-0.2, -0.15) is 0 Å². The zero-order chi connectivity index (χ0) is 24.7. The molecule has 3 N–H and O–H groups in total. The van der Waals surface area contributed by atoms with Crippen LogP contribution in [0.4, 0.5) is 11.4 Å². The molecule has 1 aromatic heterocycles. The lowest BCUT2D eigenvalue weighted by Gasteiger charge is -2.13. The predicted octanol–water partition coefficient (Wildman–Crippen LogP) is 2.18. The van der Waals surface area contributed by atoms with Crippen molar-refractivity contribution in [1.29, 1.82) is 0 Å². The van der Waals surface area contributed by atoms with E-state index in [2.05, 4.69) is 10.3 Å². The Morgan fingerprint density at radius 3 is 2.47 bits per heavy atom. The third-order valence-electron chi connectivity index (χ3n) is 4.50. The van der Waals surface area contributed by atoms with Crippen molar-refractivity contribution in [2.75, 3.05) is 26.1 Å². The largest absolute Gasteiger partial charge is 0.495 e. The summed E-state index contributed by atoms with van der Waals surface area (Å²) in [6.45, 7) is -0.302. The summed E-state index contributed by atoms with van der Waals surface area (Å²) < 4.78 is 16.0. The molecule has 12 heteroatoms. The molecule has 3 rings (SSSR count). The topological polar surface area (TPSA) is 166 Å². The van der Waals surface area contributed by atoms with Gasteiger partial charge in [0.2, 0.25) is 0 Å². The van der Waals surface area contributed by atoms with Crippen LogP contribution in [0, 0.1) is 10.1 Å². The summed E-state index contributed by atoms with van der Waals surface area (Å²) in [7, 11) is 2.90. The molecular formula is C22H20N4O8. The van der Waals surface area contributed by atoms with Crippen LogP contribution in [0.25, 0.3) is 12.2 Å². The number of para-hydroxylation sites is 2. The standard InChI is InChI=1S/C22H20N4O8/c1-32-16-6-4-3-5-14(16)23-19(27)12-34-17-10-8-13(11-18(17)33-2)7-9-15-20(26(30)31)21(28)25-22(29)24-15/h3-11H,12H2,1-2H3,(H,23,27)(H2,24,25,28,29). The van der Waals surface area contributed by atoms with Crippen molar-refractivity contribution in [3.63, 3.8) is 0 Å². The summed E-state index contributed by atoms with van der Waals surface area (Å²) in [5.41, 5.74) is -2.00. The molecule has 0 aliphatic rings. The molecule has 0 bridgehead atoms. The van der Waals surface area contributed by atoms with E-state index in [1.165, 1.54) is 26.4 Å². The zero-order valence-corrected chi connectivity index (χ0v) is 18.1. The van der Waals surface area contributed by atoms with Gasteiger partial charge in [0.1, 0.15) is 11.4 Å². The van der Waals surface area contributed by atoms with E-state index in [0.29, 0.717) is 22.7 Å². The fourth-order valence-corrected chi connectivity index (χ4v) is 2.96. The number of methoxy groups -OCH3 is 2. The van der Waals surface area contributed by atoms with E-state index in [9.17, 15) is 24.5 Å². The number of H-pyrrole nitrogens is 2. The molecule has 2 aromatic carbocycles. The summed E-state index contributed by atoms with van der Waals surface area (Å²) in [5.74, 6) is 0.666. The zero-order valence-electron chi connectivity index (χ0n) is 18.1. The van der Waals surface area contributed by atoms with Crippen LogP contribution in [-0.4, -0.2) is 41.6 Å². The van der Waals surface area contributed by atoms with Crippen LogP contribution in [0.3, 0.4) is 0 Å². The molecule has 0 aliphatic carbocycles. The third kappa shape index (κ3) is 5.68. The van der Waals surface area contributed by atoms with Crippen LogP contribution >= 0.6 is 0 Å². The summed E-state index contributed by atoms with van der Waals surface area (Å²) in [5, 5.41) is 13.8. The van der Waals surface area contributed by atoms with Gasteiger partial charge in [0.05, 0.1) is 24.8 Å². The van der Waals surface area contributed by atoms with E-state index in [4.69, 9.17) is 14.2 Å². The van der Waals surface area contributed by atoms with Crippen molar-refractivity contribution in [3.8, 4) is 17.2 Å². The Labute approximate surface area is 192 Å². The molecule has 0 saturated heterocycles. The Morgan fingerprint density at radius 1 is 1.03 bits per heavy atom. The Hall–Kier alpha value is -4.87. The molecule has 0 unspecified atom stereocenters. The number of nitrogens with one attached hydrogen (secondary N) is 3. The molecule has 0 fully saturated rings. The van der Waals surface area contributed by atoms with E-state index in [1.807, 2.05) is 4.98 Å². The number of nitrogens with zero attached hydrogens (tertiary/aromatic N) is 1. The molecule has 1 heterocycles. The van der Waals surface area contributed by atoms with E-state index in [1.54, 1.807) is 42.5 Å². The first-order valence-corrected chi connectivity index (χ1v) is 9.75. The number of hydrogen-bond donors (Lipinski definition) is 3. The quantitative estimate of drug-likeness (QED) is 0.317. The highest BCUT2D eigenvalue weighted by molar-refractivity contribution is 5.93. The maximum atomic E-state index is 12.3. The maximum Gasteiger partial charge on any atom is 0.357 e. The maximum absolute atomic E-state index is 12.3. The van der Waals surface area contributed by atoms with Crippen molar-refractivity contribution >= 4 is 29.4 Å². The Balaban J connectivity index is 1.74. The first kappa shape index (κ1) is 23.8. The number of benzene rings is 2. The number of aromatic amines is 2. The second-order valence-electron chi connectivity index (χ2n) is 6.71. The number of anilines is 1. The van der Waals surface area contributed by atoms with Gasteiger partial charge >= 0.3 is 16.9 Å². The molecule has 0 atom stereocenters. The number of rotatable bonds is 9. The average molecular weight is 468 g/mol.